The van der Waals surface area contributed by atoms with Crippen LogP contribution in [0.15, 0.2) is 0 Å². The van der Waals surface area contributed by atoms with Gasteiger partial charge in [-0.25, -0.2) is 0 Å². The molecule has 112 valence electrons. The van der Waals surface area contributed by atoms with Crippen LogP contribution < -0.4 is 11.1 Å². The zero-order valence-electron chi connectivity index (χ0n) is 12.0. The zero-order valence-corrected chi connectivity index (χ0v) is 12.8. The van der Waals surface area contributed by atoms with Gasteiger partial charge in [0.05, 0.1) is 0 Å². The molecule has 3 atom stereocenters. The monoisotopic (exact) mass is 291 g/mol. The lowest BCUT2D eigenvalue weighted by atomic mass is 9.85. The summed E-state index contributed by atoms with van der Waals surface area (Å²) in [7, 11) is 3.56. The average Bonchev–Trinajstić information content (AvgIpc) is 2.26. The third-order valence-corrected chi connectivity index (χ3v) is 3.34. The van der Waals surface area contributed by atoms with E-state index in [1.54, 1.807) is 19.0 Å². The Morgan fingerprint density at radius 2 is 2.00 bits per heavy atom. The number of nitrogens with zero attached hydrogens (tertiary/aromatic N) is 1. The molecule has 6 heteroatoms. The van der Waals surface area contributed by atoms with E-state index in [2.05, 4.69) is 5.32 Å². The lowest BCUT2D eigenvalue weighted by Gasteiger charge is -2.30. The van der Waals surface area contributed by atoms with Gasteiger partial charge in [0.15, 0.2) is 0 Å². The highest BCUT2D eigenvalue weighted by Gasteiger charge is 2.28. The second kappa shape index (κ2) is 8.38. The van der Waals surface area contributed by atoms with E-state index >= 15 is 0 Å². The van der Waals surface area contributed by atoms with Crippen molar-refractivity contribution in [2.45, 2.75) is 51.1 Å². The summed E-state index contributed by atoms with van der Waals surface area (Å²) in [6.07, 6.45) is 3.98. The highest BCUT2D eigenvalue weighted by molar-refractivity contribution is 5.85. The molecule has 1 saturated carbocycles. The molecule has 1 fully saturated rings. The van der Waals surface area contributed by atoms with Gasteiger partial charge in [0.1, 0.15) is 0 Å². The van der Waals surface area contributed by atoms with Gasteiger partial charge in [0.25, 0.3) is 0 Å². The molecule has 0 saturated heterocycles. The summed E-state index contributed by atoms with van der Waals surface area (Å²) in [5.74, 6) is 0.212. The van der Waals surface area contributed by atoms with E-state index < -0.39 is 0 Å². The third kappa shape index (κ3) is 6.25. The second-order valence-electron chi connectivity index (χ2n) is 5.54. The predicted molar refractivity (Wildman–Crippen MR) is 78.1 cm³/mol. The number of nitrogens with two attached hydrogens (primary N) is 1. The maximum Gasteiger partial charge on any atom is 0.225 e. The molecular weight excluding hydrogens is 266 g/mol. The molecule has 0 aromatic rings. The van der Waals surface area contributed by atoms with E-state index in [-0.39, 0.29) is 42.2 Å². The summed E-state index contributed by atoms with van der Waals surface area (Å²) >= 11 is 0. The SMILES string of the molecule is CC(N)CC(=O)NC1CCCC(C(=O)N(C)C)C1.Cl. The number of hydrogen-bond donors (Lipinski definition) is 2. The molecular formula is C13H26ClN3O2. The summed E-state index contributed by atoms with van der Waals surface area (Å²) in [6.45, 7) is 1.82. The molecule has 0 aliphatic heterocycles. The molecule has 3 N–H and O–H groups in total. The fraction of sp³-hybridized carbons (Fsp3) is 0.846. The highest BCUT2D eigenvalue weighted by atomic mass is 35.5. The predicted octanol–water partition coefficient (Wildman–Crippen LogP) is 0.909. The normalized spacial score (nSPS) is 24.0. The van der Waals surface area contributed by atoms with Gasteiger partial charge in [-0.3, -0.25) is 9.59 Å². The molecule has 0 aromatic carbocycles. The van der Waals surface area contributed by atoms with Crippen LogP contribution in [0.25, 0.3) is 0 Å². The fourth-order valence-corrected chi connectivity index (χ4v) is 2.49. The van der Waals surface area contributed by atoms with Crippen LogP contribution in [0.4, 0.5) is 0 Å². The van der Waals surface area contributed by atoms with Gasteiger partial charge in [0, 0.05) is 38.5 Å². The van der Waals surface area contributed by atoms with Crippen molar-refractivity contribution in [1.29, 1.82) is 0 Å². The number of halogens is 1. The van der Waals surface area contributed by atoms with E-state index in [4.69, 9.17) is 5.73 Å². The standard InChI is InChI=1S/C13H25N3O2.ClH/c1-9(14)7-12(17)15-11-6-4-5-10(8-11)13(18)16(2)3;/h9-11H,4-8,14H2,1-3H3,(H,15,17);1H. The lowest BCUT2D eigenvalue weighted by Crippen LogP contribution is -2.43. The van der Waals surface area contributed by atoms with E-state index in [9.17, 15) is 9.59 Å². The first kappa shape index (κ1) is 18.2. The van der Waals surface area contributed by atoms with Crippen LogP contribution in [0.1, 0.15) is 39.0 Å². The van der Waals surface area contributed by atoms with Gasteiger partial charge in [0.2, 0.25) is 11.8 Å². The van der Waals surface area contributed by atoms with Crippen molar-refractivity contribution in [3.63, 3.8) is 0 Å². The van der Waals surface area contributed by atoms with Crippen LogP contribution in [0.3, 0.4) is 0 Å². The van der Waals surface area contributed by atoms with E-state index in [0.29, 0.717) is 6.42 Å². The number of carbonyl (C=O) groups excluding carboxylic acids is 2. The Hall–Kier alpha value is -0.810. The van der Waals surface area contributed by atoms with Crippen molar-refractivity contribution >= 4 is 24.2 Å². The molecule has 0 radical (unpaired) electrons. The fourth-order valence-electron chi connectivity index (χ4n) is 2.49. The Kier molecular flexibility index (Phi) is 8.02. The minimum absolute atomic E-state index is 0. The average molecular weight is 292 g/mol. The first-order chi connectivity index (χ1) is 8.40. The summed E-state index contributed by atoms with van der Waals surface area (Å²) in [6, 6.07) is 0.00620. The number of hydrogen-bond acceptors (Lipinski definition) is 3. The van der Waals surface area contributed by atoms with Crippen molar-refractivity contribution in [2.75, 3.05) is 14.1 Å². The van der Waals surface area contributed by atoms with Gasteiger partial charge in [-0.15, -0.1) is 12.4 Å². The molecule has 1 rings (SSSR count). The molecule has 0 heterocycles. The quantitative estimate of drug-likeness (QED) is 0.808. The second-order valence-corrected chi connectivity index (χ2v) is 5.54. The minimum Gasteiger partial charge on any atom is -0.353 e. The van der Waals surface area contributed by atoms with Crippen molar-refractivity contribution in [3.05, 3.63) is 0 Å². The molecule has 0 spiro atoms. The summed E-state index contributed by atoms with van der Waals surface area (Å²) in [5, 5.41) is 2.98. The Bertz CT molecular complexity index is 308. The number of amides is 2. The number of rotatable bonds is 4. The Labute approximate surface area is 121 Å². The largest absolute Gasteiger partial charge is 0.353 e. The van der Waals surface area contributed by atoms with E-state index in [1.807, 2.05) is 6.92 Å². The van der Waals surface area contributed by atoms with Crippen LogP contribution in [0.5, 0.6) is 0 Å². The topological polar surface area (TPSA) is 75.4 Å². The minimum atomic E-state index is -0.118. The molecule has 0 aromatic heterocycles. The number of carbonyl (C=O) groups is 2. The van der Waals surface area contributed by atoms with E-state index in [0.717, 1.165) is 25.7 Å². The first-order valence-corrected chi connectivity index (χ1v) is 6.66. The highest BCUT2D eigenvalue weighted by Crippen LogP contribution is 2.25. The van der Waals surface area contributed by atoms with Gasteiger partial charge in [-0.1, -0.05) is 6.42 Å². The molecule has 19 heavy (non-hydrogen) atoms. The molecule has 2 amide bonds. The maximum absolute atomic E-state index is 11.9. The first-order valence-electron chi connectivity index (χ1n) is 6.66. The molecule has 3 unspecified atom stereocenters. The summed E-state index contributed by atoms with van der Waals surface area (Å²) in [4.78, 5) is 25.2. The van der Waals surface area contributed by atoms with Crippen molar-refractivity contribution < 1.29 is 9.59 Å². The van der Waals surface area contributed by atoms with Crippen LogP contribution in [0, 0.1) is 5.92 Å². The van der Waals surface area contributed by atoms with Crippen molar-refractivity contribution in [1.82, 2.24) is 10.2 Å². The van der Waals surface area contributed by atoms with Gasteiger partial charge in [-0.05, 0) is 26.2 Å². The van der Waals surface area contributed by atoms with Crippen molar-refractivity contribution in [3.8, 4) is 0 Å². The lowest BCUT2D eigenvalue weighted by molar-refractivity contribution is -0.134. The van der Waals surface area contributed by atoms with Gasteiger partial charge < -0.3 is 16.0 Å². The van der Waals surface area contributed by atoms with E-state index in [1.165, 1.54) is 0 Å². The Balaban J connectivity index is 0.00000324. The van der Waals surface area contributed by atoms with Crippen LogP contribution >= 0.6 is 12.4 Å². The number of nitrogens with one attached hydrogen (secondary N) is 1. The third-order valence-electron chi connectivity index (χ3n) is 3.34. The maximum atomic E-state index is 11.9. The van der Waals surface area contributed by atoms with Gasteiger partial charge in [-0.2, -0.15) is 0 Å². The Morgan fingerprint density at radius 1 is 1.37 bits per heavy atom. The van der Waals surface area contributed by atoms with Gasteiger partial charge >= 0.3 is 0 Å². The molecule has 1 aliphatic carbocycles. The van der Waals surface area contributed by atoms with Crippen molar-refractivity contribution in [2.24, 2.45) is 11.7 Å². The smallest absolute Gasteiger partial charge is 0.225 e. The van der Waals surface area contributed by atoms with Crippen LogP contribution in [0.2, 0.25) is 0 Å². The van der Waals surface area contributed by atoms with Crippen LogP contribution in [-0.2, 0) is 9.59 Å². The Morgan fingerprint density at radius 3 is 2.53 bits per heavy atom. The summed E-state index contributed by atoms with van der Waals surface area (Å²) < 4.78 is 0. The molecule has 1 aliphatic rings. The molecule has 5 nitrogen and oxygen atoms in total. The van der Waals surface area contributed by atoms with Crippen LogP contribution in [-0.4, -0.2) is 42.9 Å². The zero-order chi connectivity index (χ0) is 13.7. The molecule has 0 bridgehead atoms. The summed E-state index contributed by atoms with van der Waals surface area (Å²) in [5.41, 5.74) is 5.59.